The number of benzene rings is 3. The second-order valence-corrected chi connectivity index (χ2v) is 12.0. The number of rotatable bonds is 11. The smallest absolute Gasteiger partial charge is 0.254 e. The average Bonchev–Trinajstić information content (AvgIpc) is 3.34. The van der Waals surface area contributed by atoms with E-state index in [2.05, 4.69) is 78.2 Å². The fourth-order valence-electron chi connectivity index (χ4n) is 5.56. The number of carbonyl (C=O) groups is 1. The number of aromatic nitrogens is 2. The summed E-state index contributed by atoms with van der Waals surface area (Å²) >= 11 is 0. The molecule has 0 radical (unpaired) electrons. The van der Waals surface area contributed by atoms with E-state index in [1.165, 1.54) is 24.8 Å². The SMILES string of the molecule is CC(C)(C)[C@H](c1nc(-c2ccccc2)cn1Cc1ccccc1)N(CCCNC1CCC1)C(=O)c1ccccc1. The first kappa shape index (κ1) is 27.9. The molecular formula is C35H42N4O. The minimum Gasteiger partial charge on any atom is -0.328 e. The standard InChI is InChI=1S/C35H42N4O/c1-35(2,3)32(39(24-14-23-36-30-21-13-22-30)34(40)29-19-11-6-12-20-29)33-37-31(28-17-9-5-10-18-28)26-38(33)25-27-15-7-4-8-16-27/h4-12,15-20,26,30,32,36H,13-14,21-25H2,1-3H3/t32-/m0/s1. The summed E-state index contributed by atoms with van der Waals surface area (Å²) < 4.78 is 2.26. The number of carbonyl (C=O) groups excluding carboxylic acids is 1. The predicted octanol–water partition coefficient (Wildman–Crippen LogP) is 7.36. The maximum atomic E-state index is 14.2. The zero-order valence-electron chi connectivity index (χ0n) is 24.1. The van der Waals surface area contributed by atoms with Crippen LogP contribution in [0.5, 0.6) is 0 Å². The topological polar surface area (TPSA) is 50.2 Å². The van der Waals surface area contributed by atoms with E-state index in [0.29, 0.717) is 24.7 Å². The molecule has 3 aromatic carbocycles. The van der Waals surface area contributed by atoms with Crippen molar-refractivity contribution in [2.24, 2.45) is 5.41 Å². The highest BCUT2D eigenvalue weighted by molar-refractivity contribution is 5.94. The highest BCUT2D eigenvalue weighted by atomic mass is 16.2. The molecule has 1 aromatic heterocycles. The molecule has 1 amide bonds. The highest BCUT2D eigenvalue weighted by Gasteiger charge is 2.38. The van der Waals surface area contributed by atoms with Crippen molar-refractivity contribution < 1.29 is 4.79 Å². The molecule has 1 fully saturated rings. The summed E-state index contributed by atoms with van der Waals surface area (Å²) in [4.78, 5) is 21.6. The molecule has 0 unspecified atom stereocenters. The van der Waals surface area contributed by atoms with E-state index >= 15 is 0 Å². The summed E-state index contributed by atoms with van der Waals surface area (Å²) in [6, 6.07) is 30.9. The van der Waals surface area contributed by atoms with E-state index in [4.69, 9.17) is 4.98 Å². The fourth-order valence-corrected chi connectivity index (χ4v) is 5.56. The lowest BCUT2D eigenvalue weighted by atomic mass is 9.84. The highest BCUT2D eigenvalue weighted by Crippen LogP contribution is 2.40. The Balaban J connectivity index is 1.55. The van der Waals surface area contributed by atoms with Crippen LogP contribution in [0, 0.1) is 5.41 Å². The van der Waals surface area contributed by atoms with Crippen LogP contribution in [-0.4, -0.2) is 39.5 Å². The van der Waals surface area contributed by atoms with Gasteiger partial charge in [-0.25, -0.2) is 4.98 Å². The Morgan fingerprint density at radius 1 is 0.950 bits per heavy atom. The number of amides is 1. The van der Waals surface area contributed by atoms with Crippen molar-refractivity contribution in [3.8, 4) is 11.3 Å². The number of imidazole rings is 1. The van der Waals surface area contributed by atoms with Crippen molar-refractivity contribution in [1.82, 2.24) is 19.8 Å². The summed E-state index contributed by atoms with van der Waals surface area (Å²) in [5.74, 6) is 0.978. The zero-order valence-corrected chi connectivity index (χ0v) is 24.1. The maximum absolute atomic E-state index is 14.2. The minimum absolute atomic E-state index is 0.0553. The van der Waals surface area contributed by atoms with Gasteiger partial charge in [0, 0.05) is 36.5 Å². The quantitative estimate of drug-likeness (QED) is 0.205. The molecule has 1 N–H and O–H groups in total. The van der Waals surface area contributed by atoms with Crippen LogP contribution in [-0.2, 0) is 6.54 Å². The molecule has 1 saturated carbocycles. The first-order chi connectivity index (χ1) is 19.4. The maximum Gasteiger partial charge on any atom is 0.254 e. The lowest BCUT2D eigenvalue weighted by molar-refractivity contribution is 0.0479. The van der Waals surface area contributed by atoms with Crippen LogP contribution in [0.1, 0.15) is 74.2 Å². The van der Waals surface area contributed by atoms with Crippen molar-refractivity contribution >= 4 is 5.91 Å². The monoisotopic (exact) mass is 534 g/mol. The number of nitrogens with one attached hydrogen (secondary N) is 1. The fraction of sp³-hybridized carbons (Fsp3) is 0.371. The summed E-state index contributed by atoms with van der Waals surface area (Å²) in [5.41, 5.74) is 3.68. The normalized spacial score (nSPS) is 14.5. The van der Waals surface area contributed by atoms with Gasteiger partial charge in [0.15, 0.2) is 0 Å². The van der Waals surface area contributed by atoms with Gasteiger partial charge < -0.3 is 14.8 Å². The summed E-state index contributed by atoms with van der Waals surface area (Å²) in [6.07, 6.45) is 6.88. The molecule has 1 aliphatic carbocycles. The van der Waals surface area contributed by atoms with Crippen molar-refractivity contribution in [3.05, 3.63) is 114 Å². The van der Waals surface area contributed by atoms with E-state index in [1.54, 1.807) is 0 Å². The molecule has 5 rings (SSSR count). The third-order valence-corrected chi connectivity index (χ3v) is 7.84. The molecular weight excluding hydrogens is 492 g/mol. The first-order valence-electron chi connectivity index (χ1n) is 14.7. The predicted molar refractivity (Wildman–Crippen MR) is 163 cm³/mol. The van der Waals surface area contributed by atoms with Crippen molar-refractivity contribution in [3.63, 3.8) is 0 Å². The van der Waals surface area contributed by atoms with Crippen LogP contribution >= 0.6 is 0 Å². The van der Waals surface area contributed by atoms with Gasteiger partial charge in [-0.1, -0.05) is 106 Å². The van der Waals surface area contributed by atoms with Crippen LogP contribution in [0.25, 0.3) is 11.3 Å². The Labute approximate surface area is 239 Å². The van der Waals surface area contributed by atoms with Gasteiger partial charge in [-0.2, -0.15) is 0 Å². The van der Waals surface area contributed by atoms with Gasteiger partial charge in [0.2, 0.25) is 0 Å². The number of hydrogen-bond acceptors (Lipinski definition) is 3. The Kier molecular flexibility index (Phi) is 8.81. The van der Waals surface area contributed by atoms with Crippen molar-refractivity contribution in [1.29, 1.82) is 0 Å². The second kappa shape index (κ2) is 12.6. The molecule has 0 saturated heterocycles. The molecule has 0 bridgehead atoms. The van der Waals surface area contributed by atoms with E-state index in [0.717, 1.165) is 30.0 Å². The molecule has 4 aromatic rings. The van der Waals surface area contributed by atoms with Gasteiger partial charge in [0.25, 0.3) is 5.91 Å². The lowest BCUT2D eigenvalue weighted by Crippen LogP contribution is -2.44. The summed E-state index contributed by atoms with van der Waals surface area (Å²) in [7, 11) is 0. The van der Waals surface area contributed by atoms with Crippen LogP contribution in [0.4, 0.5) is 0 Å². The molecule has 1 atom stereocenters. The molecule has 1 heterocycles. The molecule has 40 heavy (non-hydrogen) atoms. The van der Waals surface area contributed by atoms with E-state index in [-0.39, 0.29) is 17.4 Å². The van der Waals surface area contributed by atoms with Gasteiger partial charge >= 0.3 is 0 Å². The largest absolute Gasteiger partial charge is 0.328 e. The number of nitrogens with zero attached hydrogens (tertiary/aromatic N) is 3. The van der Waals surface area contributed by atoms with E-state index in [9.17, 15) is 4.79 Å². The van der Waals surface area contributed by atoms with Gasteiger partial charge in [0.1, 0.15) is 5.82 Å². The van der Waals surface area contributed by atoms with Gasteiger partial charge in [-0.3, -0.25) is 4.79 Å². The van der Waals surface area contributed by atoms with Crippen LogP contribution in [0.3, 0.4) is 0 Å². The summed E-state index contributed by atoms with van der Waals surface area (Å²) in [6.45, 7) is 8.93. The van der Waals surface area contributed by atoms with Crippen LogP contribution in [0.15, 0.2) is 97.2 Å². The van der Waals surface area contributed by atoms with Crippen LogP contribution < -0.4 is 5.32 Å². The molecule has 0 spiro atoms. The Morgan fingerprint density at radius 2 is 1.57 bits per heavy atom. The number of hydrogen-bond donors (Lipinski definition) is 1. The van der Waals surface area contributed by atoms with Gasteiger partial charge in [-0.15, -0.1) is 0 Å². The van der Waals surface area contributed by atoms with Crippen molar-refractivity contribution in [2.75, 3.05) is 13.1 Å². The molecule has 5 nitrogen and oxygen atoms in total. The van der Waals surface area contributed by atoms with Gasteiger partial charge in [0.05, 0.1) is 11.7 Å². The van der Waals surface area contributed by atoms with Gasteiger partial charge in [-0.05, 0) is 48.9 Å². The second-order valence-electron chi connectivity index (χ2n) is 12.0. The van der Waals surface area contributed by atoms with Crippen molar-refractivity contribution in [2.45, 2.75) is 65.1 Å². The lowest BCUT2D eigenvalue weighted by Gasteiger charge is -2.40. The van der Waals surface area contributed by atoms with Crippen LogP contribution in [0.2, 0.25) is 0 Å². The molecule has 1 aliphatic rings. The Hall–Kier alpha value is -3.70. The third kappa shape index (κ3) is 6.71. The average molecular weight is 535 g/mol. The Morgan fingerprint density at radius 3 is 2.17 bits per heavy atom. The molecule has 208 valence electrons. The first-order valence-corrected chi connectivity index (χ1v) is 14.7. The minimum atomic E-state index is -0.250. The zero-order chi connectivity index (χ0) is 28.0. The van der Waals surface area contributed by atoms with E-state index in [1.807, 2.05) is 54.6 Å². The molecule has 0 aliphatic heterocycles. The third-order valence-electron chi connectivity index (χ3n) is 7.84. The molecule has 5 heteroatoms. The summed E-state index contributed by atoms with van der Waals surface area (Å²) in [5, 5.41) is 3.68. The Bertz CT molecular complexity index is 1360. The van der Waals surface area contributed by atoms with E-state index < -0.39 is 0 Å².